The lowest BCUT2D eigenvalue weighted by Gasteiger charge is -2.29. The first-order chi connectivity index (χ1) is 15.1. The molecule has 4 rings (SSSR count). The van der Waals surface area contributed by atoms with Gasteiger partial charge in [0.25, 0.3) is 5.91 Å². The van der Waals surface area contributed by atoms with Crippen molar-refractivity contribution in [3.63, 3.8) is 0 Å². The first kappa shape index (κ1) is 21.3. The van der Waals surface area contributed by atoms with Crippen LogP contribution in [0.15, 0.2) is 60.0 Å². The number of carbonyl (C=O) groups is 1. The van der Waals surface area contributed by atoms with Crippen LogP contribution in [0.25, 0.3) is 11.3 Å². The van der Waals surface area contributed by atoms with Gasteiger partial charge in [-0.15, -0.1) is 11.8 Å². The van der Waals surface area contributed by atoms with Crippen LogP contribution < -0.4 is 16.4 Å². The van der Waals surface area contributed by atoms with Gasteiger partial charge in [0.15, 0.2) is 0 Å². The van der Waals surface area contributed by atoms with Gasteiger partial charge in [0.2, 0.25) is 0 Å². The van der Waals surface area contributed by atoms with Gasteiger partial charge in [0.05, 0.1) is 5.69 Å². The summed E-state index contributed by atoms with van der Waals surface area (Å²) < 4.78 is 0. The van der Waals surface area contributed by atoms with Crippen LogP contribution in [-0.4, -0.2) is 39.2 Å². The molecule has 1 saturated carbocycles. The third-order valence-corrected chi connectivity index (χ3v) is 6.17. The van der Waals surface area contributed by atoms with Crippen molar-refractivity contribution in [1.29, 1.82) is 0 Å². The van der Waals surface area contributed by atoms with E-state index in [9.17, 15) is 4.79 Å². The van der Waals surface area contributed by atoms with Crippen LogP contribution in [0.1, 0.15) is 36.0 Å². The van der Waals surface area contributed by atoms with E-state index in [4.69, 9.17) is 5.73 Å². The highest BCUT2D eigenvalue weighted by molar-refractivity contribution is 7.98. The fourth-order valence-electron chi connectivity index (χ4n) is 3.76. The standard InChI is InChI=1S/C23H26N6OS/c1-31-23-17(5-4-12-25-23)20-13-21(27-14-26-20)28-16-10-8-15(9-11-16)22(30)29-19-7-3-2-6-18(19)24/h4-5,8-14,18-19H,2-3,6-7,24H2,1H3,(H,29,30)(H,26,27,28). The summed E-state index contributed by atoms with van der Waals surface area (Å²) in [4.78, 5) is 25.7. The lowest BCUT2D eigenvalue weighted by atomic mass is 9.91. The molecule has 1 fully saturated rings. The second-order valence-corrected chi connectivity index (χ2v) is 8.37. The second-order valence-electron chi connectivity index (χ2n) is 7.58. The Morgan fingerprint density at radius 2 is 1.90 bits per heavy atom. The maximum atomic E-state index is 12.6. The second kappa shape index (κ2) is 9.89. The molecule has 1 aliphatic rings. The normalized spacial score (nSPS) is 18.4. The van der Waals surface area contributed by atoms with Gasteiger partial charge in [0, 0.05) is 41.2 Å². The van der Waals surface area contributed by atoms with E-state index in [0.29, 0.717) is 11.4 Å². The van der Waals surface area contributed by atoms with Crippen LogP contribution in [0, 0.1) is 0 Å². The molecule has 3 aromatic rings. The summed E-state index contributed by atoms with van der Waals surface area (Å²) in [7, 11) is 0. The smallest absolute Gasteiger partial charge is 0.251 e. The monoisotopic (exact) mass is 434 g/mol. The number of nitrogens with zero attached hydrogens (tertiary/aromatic N) is 3. The minimum absolute atomic E-state index is 0.0389. The summed E-state index contributed by atoms with van der Waals surface area (Å²) >= 11 is 1.58. The molecular formula is C23H26N6OS. The van der Waals surface area contributed by atoms with Crippen molar-refractivity contribution in [3.8, 4) is 11.3 Å². The molecule has 4 N–H and O–H groups in total. The molecule has 7 nitrogen and oxygen atoms in total. The molecule has 1 amide bonds. The summed E-state index contributed by atoms with van der Waals surface area (Å²) in [5, 5.41) is 7.27. The minimum Gasteiger partial charge on any atom is -0.348 e. The molecule has 31 heavy (non-hydrogen) atoms. The van der Waals surface area contributed by atoms with Gasteiger partial charge >= 0.3 is 0 Å². The largest absolute Gasteiger partial charge is 0.348 e. The van der Waals surface area contributed by atoms with Crippen molar-refractivity contribution in [3.05, 3.63) is 60.6 Å². The number of benzene rings is 1. The molecule has 2 aromatic heterocycles. The number of amides is 1. The quantitative estimate of drug-likeness (QED) is 0.504. The van der Waals surface area contributed by atoms with E-state index in [1.165, 1.54) is 6.33 Å². The van der Waals surface area contributed by atoms with Crippen molar-refractivity contribution in [2.24, 2.45) is 5.73 Å². The minimum atomic E-state index is -0.0839. The summed E-state index contributed by atoms with van der Waals surface area (Å²) in [6.45, 7) is 0. The lowest BCUT2D eigenvalue weighted by Crippen LogP contribution is -2.49. The van der Waals surface area contributed by atoms with E-state index < -0.39 is 0 Å². The highest BCUT2D eigenvalue weighted by Gasteiger charge is 2.23. The third-order valence-electron chi connectivity index (χ3n) is 5.46. The molecule has 2 unspecified atom stereocenters. The summed E-state index contributed by atoms with van der Waals surface area (Å²) in [6.07, 6.45) is 9.45. The number of rotatable bonds is 6. The number of nitrogens with one attached hydrogen (secondary N) is 2. The van der Waals surface area contributed by atoms with Gasteiger partial charge < -0.3 is 16.4 Å². The Kier molecular flexibility index (Phi) is 6.79. The number of aromatic nitrogens is 3. The van der Waals surface area contributed by atoms with Gasteiger partial charge in [0.1, 0.15) is 17.2 Å². The number of thioether (sulfide) groups is 1. The van der Waals surface area contributed by atoms with Crippen molar-refractivity contribution in [1.82, 2.24) is 20.3 Å². The molecule has 1 aromatic carbocycles. The Morgan fingerprint density at radius 3 is 2.68 bits per heavy atom. The molecule has 0 bridgehead atoms. The highest BCUT2D eigenvalue weighted by atomic mass is 32.2. The third kappa shape index (κ3) is 5.21. The van der Waals surface area contributed by atoms with E-state index in [-0.39, 0.29) is 18.0 Å². The van der Waals surface area contributed by atoms with Crippen LogP contribution in [-0.2, 0) is 0 Å². The number of nitrogens with two attached hydrogens (primary N) is 1. The SMILES string of the molecule is CSc1ncccc1-c1cc(Nc2ccc(C(=O)NC3CCCCC3N)cc2)ncn1. The Labute approximate surface area is 186 Å². The van der Waals surface area contributed by atoms with E-state index in [1.54, 1.807) is 30.1 Å². The Hall–Kier alpha value is -2.97. The zero-order valence-corrected chi connectivity index (χ0v) is 18.2. The maximum Gasteiger partial charge on any atom is 0.251 e. The number of anilines is 2. The highest BCUT2D eigenvalue weighted by Crippen LogP contribution is 2.28. The number of hydrogen-bond donors (Lipinski definition) is 3. The predicted octanol–water partition coefficient (Wildman–Crippen LogP) is 4.00. The molecule has 8 heteroatoms. The maximum absolute atomic E-state index is 12.6. The number of hydrogen-bond acceptors (Lipinski definition) is 7. The van der Waals surface area contributed by atoms with Crippen LogP contribution in [0.2, 0.25) is 0 Å². The Bertz CT molecular complexity index is 1040. The van der Waals surface area contributed by atoms with E-state index in [0.717, 1.165) is 47.7 Å². The van der Waals surface area contributed by atoms with Gasteiger partial charge in [-0.1, -0.05) is 12.8 Å². The van der Waals surface area contributed by atoms with Crippen LogP contribution in [0.3, 0.4) is 0 Å². The molecule has 0 spiro atoms. The van der Waals surface area contributed by atoms with Crippen molar-refractivity contribution < 1.29 is 4.79 Å². The lowest BCUT2D eigenvalue weighted by molar-refractivity contribution is 0.0921. The molecule has 2 heterocycles. The van der Waals surface area contributed by atoms with Gasteiger partial charge in [-0.2, -0.15) is 0 Å². The van der Waals surface area contributed by atoms with Gasteiger partial charge in [-0.05, 0) is 55.5 Å². The average molecular weight is 435 g/mol. The van der Waals surface area contributed by atoms with E-state index >= 15 is 0 Å². The fraction of sp³-hybridized carbons (Fsp3) is 0.304. The summed E-state index contributed by atoms with van der Waals surface area (Å²) in [5.74, 6) is 0.589. The first-order valence-electron chi connectivity index (χ1n) is 10.4. The fourth-order valence-corrected chi connectivity index (χ4v) is 4.32. The molecule has 2 atom stereocenters. The van der Waals surface area contributed by atoms with Crippen LogP contribution >= 0.6 is 11.8 Å². The average Bonchev–Trinajstić information content (AvgIpc) is 2.81. The first-order valence-corrected chi connectivity index (χ1v) is 11.6. The van der Waals surface area contributed by atoms with E-state index in [1.807, 2.05) is 36.6 Å². The van der Waals surface area contributed by atoms with Gasteiger partial charge in [-0.25, -0.2) is 15.0 Å². The summed E-state index contributed by atoms with van der Waals surface area (Å²) in [5.41, 5.74) is 9.37. The zero-order valence-electron chi connectivity index (χ0n) is 17.4. The Balaban J connectivity index is 1.44. The van der Waals surface area contributed by atoms with Crippen LogP contribution in [0.5, 0.6) is 0 Å². The predicted molar refractivity (Wildman–Crippen MR) is 124 cm³/mol. The number of pyridine rings is 1. The zero-order chi connectivity index (χ0) is 21.6. The van der Waals surface area contributed by atoms with Crippen LogP contribution in [0.4, 0.5) is 11.5 Å². The van der Waals surface area contributed by atoms with E-state index in [2.05, 4.69) is 25.6 Å². The molecular weight excluding hydrogens is 408 g/mol. The molecule has 0 radical (unpaired) electrons. The Morgan fingerprint density at radius 1 is 1.10 bits per heavy atom. The molecule has 0 aliphatic heterocycles. The van der Waals surface area contributed by atoms with Crippen molar-refractivity contribution in [2.45, 2.75) is 42.8 Å². The van der Waals surface area contributed by atoms with Crippen molar-refractivity contribution in [2.75, 3.05) is 11.6 Å². The topological polar surface area (TPSA) is 106 Å². The summed E-state index contributed by atoms with van der Waals surface area (Å²) in [6, 6.07) is 13.2. The molecule has 1 aliphatic carbocycles. The van der Waals surface area contributed by atoms with Gasteiger partial charge in [-0.3, -0.25) is 4.79 Å². The molecule has 0 saturated heterocycles. The molecule has 160 valence electrons. The number of carbonyl (C=O) groups excluding carboxylic acids is 1. The van der Waals surface area contributed by atoms with Crippen molar-refractivity contribution >= 4 is 29.2 Å².